The van der Waals surface area contributed by atoms with Crippen LogP contribution < -0.4 is 15.8 Å². The third-order valence-electron chi connectivity index (χ3n) is 6.23. The maximum Gasteiger partial charge on any atom is 0.259 e. The van der Waals surface area contributed by atoms with Gasteiger partial charge in [0.2, 0.25) is 5.95 Å². The molecule has 1 aliphatic heterocycles. The van der Waals surface area contributed by atoms with Crippen molar-refractivity contribution in [3.05, 3.63) is 53.2 Å². The van der Waals surface area contributed by atoms with Gasteiger partial charge in [-0.15, -0.1) is 11.3 Å². The summed E-state index contributed by atoms with van der Waals surface area (Å²) in [6.07, 6.45) is 5.56. The molecule has 1 aliphatic rings. The largest absolute Gasteiger partial charge is 0.489 e. The average Bonchev–Trinajstić information content (AvgIpc) is 3.48. The molecule has 0 saturated carbocycles. The minimum Gasteiger partial charge on any atom is -0.489 e. The fraction of sp³-hybridized carbons (Fsp3) is 0.346. The molecule has 0 aliphatic carbocycles. The van der Waals surface area contributed by atoms with Gasteiger partial charge in [0.05, 0.1) is 40.0 Å². The summed E-state index contributed by atoms with van der Waals surface area (Å²) >= 11 is 1.26. The number of benzene rings is 1. The van der Waals surface area contributed by atoms with Crippen molar-refractivity contribution in [2.45, 2.75) is 38.7 Å². The van der Waals surface area contributed by atoms with Crippen LogP contribution >= 0.6 is 11.3 Å². The van der Waals surface area contributed by atoms with Gasteiger partial charge < -0.3 is 25.1 Å². The summed E-state index contributed by atoms with van der Waals surface area (Å²) in [5, 5.41) is 3.32. The minimum atomic E-state index is -0.522. The number of ether oxygens (including phenoxy) is 1. The molecule has 9 heteroatoms. The topological polar surface area (TPSA) is 107 Å². The second-order valence-electron chi connectivity index (χ2n) is 9.18. The van der Waals surface area contributed by atoms with Crippen LogP contribution in [0.3, 0.4) is 0 Å². The van der Waals surface area contributed by atoms with Crippen LogP contribution in [0.1, 0.15) is 47.8 Å². The van der Waals surface area contributed by atoms with Crippen LogP contribution in [-0.4, -0.2) is 47.0 Å². The zero-order valence-corrected chi connectivity index (χ0v) is 20.9. The number of thiophene rings is 1. The second kappa shape index (κ2) is 9.67. The van der Waals surface area contributed by atoms with Crippen LogP contribution in [0.25, 0.3) is 21.5 Å². The maximum atomic E-state index is 12.1. The predicted octanol–water partition coefficient (Wildman–Crippen LogP) is 5.39. The maximum absolute atomic E-state index is 12.1. The Kier molecular flexibility index (Phi) is 6.44. The zero-order chi connectivity index (χ0) is 24.5. The Balaban J connectivity index is 1.50. The van der Waals surface area contributed by atoms with Gasteiger partial charge in [0.25, 0.3) is 5.91 Å². The Morgan fingerprint density at radius 3 is 2.77 bits per heavy atom. The highest BCUT2D eigenvalue weighted by molar-refractivity contribution is 7.21. The smallest absolute Gasteiger partial charge is 0.259 e. The molecule has 0 radical (unpaired) electrons. The molecular weight excluding hydrogens is 462 g/mol. The van der Waals surface area contributed by atoms with Crippen molar-refractivity contribution in [3.63, 3.8) is 0 Å². The summed E-state index contributed by atoms with van der Waals surface area (Å²) in [7, 11) is 2.17. The first-order chi connectivity index (χ1) is 16.9. The van der Waals surface area contributed by atoms with E-state index < -0.39 is 5.91 Å². The van der Waals surface area contributed by atoms with Crippen LogP contribution in [0.2, 0.25) is 0 Å². The van der Waals surface area contributed by atoms with E-state index in [1.165, 1.54) is 16.9 Å². The molecular formula is C26H29N5O3S. The number of nitrogens with zero attached hydrogens (tertiary/aromatic N) is 3. The van der Waals surface area contributed by atoms with Gasteiger partial charge in [0.1, 0.15) is 16.4 Å². The van der Waals surface area contributed by atoms with Gasteiger partial charge in [-0.2, -0.15) is 0 Å². The van der Waals surface area contributed by atoms with Gasteiger partial charge in [-0.25, -0.2) is 9.97 Å². The number of hydrogen-bond donors (Lipinski definition) is 2. The molecule has 8 nitrogen and oxygen atoms in total. The molecule has 1 fully saturated rings. The van der Waals surface area contributed by atoms with E-state index in [-0.39, 0.29) is 6.10 Å². The van der Waals surface area contributed by atoms with Crippen molar-refractivity contribution in [1.82, 2.24) is 14.9 Å². The fourth-order valence-electron chi connectivity index (χ4n) is 4.49. The Morgan fingerprint density at radius 2 is 2.09 bits per heavy atom. The SMILES string of the molecule is CC(C)Oc1cc(C2CCN(C)CC2)ccc1Nc1ncc2sc(C(N)=O)c(-c3ccco3)c2n1. The number of rotatable bonds is 7. The Morgan fingerprint density at radius 1 is 1.29 bits per heavy atom. The molecule has 3 aromatic heterocycles. The third kappa shape index (κ3) is 4.87. The van der Waals surface area contributed by atoms with Crippen molar-refractivity contribution in [2.24, 2.45) is 5.73 Å². The summed E-state index contributed by atoms with van der Waals surface area (Å²) in [4.78, 5) is 24.1. The molecule has 0 bridgehead atoms. The lowest BCUT2D eigenvalue weighted by atomic mass is 9.89. The first-order valence-corrected chi connectivity index (χ1v) is 12.6. The molecule has 5 rings (SSSR count). The van der Waals surface area contributed by atoms with Gasteiger partial charge in [-0.05, 0) is 82.6 Å². The quantitative estimate of drug-likeness (QED) is 0.357. The molecule has 35 heavy (non-hydrogen) atoms. The lowest BCUT2D eigenvalue weighted by Crippen LogP contribution is -2.29. The first kappa shape index (κ1) is 23.3. The number of aromatic nitrogens is 2. The summed E-state index contributed by atoms with van der Waals surface area (Å²) in [6, 6.07) is 9.90. The summed E-state index contributed by atoms with van der Waals surface area (Å²) in [6.45, 7) is 6.23. The predicted molar refractivity (Wildman–Crippen MR) is 139 cm³/mol. The van der Waals surface area contributed by atoms with Gasteiger partial charge in [-0.1, -0.05) is 6.07 Å². The zero-order valence-electron chi connectivity index (χ0n) is 20.1. The number of carbonyl (C=O) groups is 1. The van der Waals surface area contributed by atoms with E-state index in [0.717, 1.165) is 42.1 Å². The number of carbonyl (C=O) groups excluding carboxylic acids is 1. The highest BCUT2D eigenvalue weighted by Gasteiger charge is 2.23. The van der Waals surface area contributed by atoms with Crippen molar-refractivity contribution >= 4 is 39.1 Å². The van der Waals surface area contributed by atoms with E-state index >= 15 is 0 Å². The number of anilines is 2. The number of nitrogens with one attached hydrogen (secondary N) is 1. The minimum absolute atomic E-state index is 0.0206. The van der Waals surface area contributed by atoms with Crippen molar-refractivity contribution in [3.8, 4) is 17.1 Å². The average molecular weight is 492 g/mol. The molecule has 0 atom stereocenters. The Bertz CT molecular complexity index is 1340. The molecule has 0 spiro atoms. The van der Waals surface area contributed by atoms with Gasteiger partial charge in [-0.3, -0.25) is 4.79 Å². The highest BCUT2D eigenvalue weighted by atomic mass is 32.1. The fourth-order valence-corrected chi connectivity index (χ4v) is 5.46. The Labute approximate surface area is 208 Å². The number of fused-ring (bicyclic) bond motifs is 1. The molecule has 4 aromatic rings. The van der Waals surface area contributed by atoms with Gasteiger partial charge >= 0.3 is 0 Å². The number of nitrogens with two attached hydrogens (primary N) is 1. The van der Waals surface area contributed by atoms with Crippen LogP contribution in [0.5, 0.6) is 5.75 Å². The van der Waals surface area contributed by atoms with E-state index in [4.69, 9.17) is 19.9 Å². The molecule has 4 heterocycles. The number of piperidine rings is 1. The van der Waals surface area contributed by atoms with E-state index in [2.05, 4.69) is 34.4 Å². The van der Waals surface area contributed by atoms with Crippen molar-refractivity contribution < 1.29 is 13.9 Å². The summed E-state index contributed by atoms with van der Waals surface area (Å²) in [5.41, 5.74) is 8.93. The molecule has 1 aromatic carbocycles. The standard InChI is InChI=1S/C26H29N5O3S/c1-15(2)34-20-13-17(16-8-10-31(3)11-9-16)6-7-18(20)29-26-28-14-21-23(30-26)22(19-5-4-12-33-19)24(35-21)25(27)32/h4-7,12-16H,8-11H2,1-3H3,(H2,27,32)(H,28,29,30). The van der Waals surface area contributed by atoms with Gasteiger partial charge in [0, 0.05) is 0 Å². The van der Waals surface area contributed by atoms with E-state index in [9.17, 15) is 4.79 Å². The summed E-state index contributed by atoms with van der Waals surface area (Å²) < 4.78 is 12.5. The second-order valence-corrected chi connectivity index (χ2v) is 10.2. The van der Waals surface area contributed by atoms with E-state index in [1.54, 1.807) is 24.6 Å². The molecule has 1 saturated heterocycles. The van der Waals surface area contributed by atoms with Crippen LogP contribution in [0.4, 0.5) is 11.6 Å². The number of hydrogen-bond acceptors (Lipinski definition) is 8. The molecule has 0 unspecified atom stereocenters. The molecule has 3 N–H and O–H groups in total. The Hall–Kier alpha value is -3.43. The number of amides is 1. The molecule has 1 amide bonds. The first-order valence-electron chi connectivity index (χ1n) is 11.8. The van der Waals surface area contributed by atoms with E-state index in [1.807, 2.05) is 19.9 Å². The van der Waals surface area contributed by atoms with Crippen LogP contribution in [0.15, 0.2) is 47.2 Å². The lowest BCUT2D eigenvalue weighted by molar-refractivity contribution is 0.100. The van der Waals surface area contributed by atoms with Crippen LogP contribution in [-0.2, 0) is 0 Å². The normalized spacial score (nSPS) is 15.1. The number of furan rings is 1. The monoisotopic (exact) mass is 491 g/mol. The van der Waals surface area contributed by atoms with Crippen molar-refractivity contribution in [1.29, 1.82) is 0 Å². The van der Waals surface area contributed by atoms with Crippen LogP contribution in [0, 0.1) is 0 Å². The summed E-state index contributed by atoms with van der Waals surface area (Å²) in [5.74, 6) is 1.72. The van der Waals surface area contributed by atoms with E-state index in [0.29, 0.717) is 33.6 Å². The molecule has 182 valence electrons. The number of likely N-dealkylation sites (tertiary alicyclic amines) is 1. The number of primary amides is 1. The van der Waals surface area contributed by atoms with Crippen molar-refractivity contribution in [2.75, 3.05) is 25.5 Å². The van der Waals surface area contributed by atoms with Gasteiger partial charge in [0.15, 0.2) is 0 Å². The highest BCUT2D eigenvalue weighted by Crippen LogP contribution is 2.39. The lowest BCUT2D eigenvalue weighted by Gasteiger charge is -2.29. The third-order valence-corrected chi connectivity index (χ3v) is 7.36.